The van der Waals surface area contributed by atoms with Crippen LogP contribution in [0.3, 0.4) is 0 Å². The Balaban J connectivity index is 2.35. The van der Waals surface area contributed by atoms with Crippen LogP contribution in [0.2, 0.25) is 0 Å². The zero-order chi connectivity index (χ0) is 15.2. The molecular formula is C16H16N2O3. The van der Waals surface area contributed by atoms with Crippen LogP contribution in [0.15, 0.2) is 25.0 Å². The van der Waals surface area contributed by atoms with Gasteiger partial charge in [0.2, 0.25) is 0 Å². The van der Waals surface area contributed by atoms with Crippen molar-refractivity contribution in [2.75, 3.05) is 7.11 Å². The third-order valence-electron chi connectivity index (χ3n) is 3.65. The van der Waals surface area contributed by atoms with Gasteiger partial charge in [0.05, 0.1) is 19.0 Å². The van der Waals surface area contributed by atoms with Crippen LogP contribution in [-0.2, 0) is 10.3 Å². The Bertz CT molecular complexity index is 744. The Morgan fingerprint density at radius 3 is 2.95 bits per heavy atom. The highest BCUT2D eigenvalue weighted by Crippen LogP contribution is 2.46. The number of methoxy groups -OCH3 is 1. The highest BCUT2D eigenvalue weighted by Gasteiger charge is 2.38. The van der Waals surface area contributed by atoms with E-state index in [9.17, 15) is 4.79 Å². The highest BCUT2D eigenvalue weighted by molar-refractivity contribution is 5.95. The van der Waals surface area contributed by atoms with Crippen molar-refractivity contribution in [3.05, 3.63) is 41.9 Å². The fourth-order valence-corrected chi connectivity index (χ4v) is 2.80. The van der Waals surface area contributed by atoms with Crippen molar-refractivity contribution in [1.29, 1.82) is 0 Å². The Morgan fingerprint density at radius 1 is 1.52 bits per heavy atom. The maximum atomic E-state index is 12.0. The van der Waals surface area contributed by atoms with Gasteiger partial charge in [0.25, 0.3) is 0 Å². The lowest BCUT2D eigenvalue weighted by Crippen LogP contribution is -2.29. The van der Waals surface area contributed by atoms with Gasteiger partial charge in [-0.15, -0.1) is 0 Å². The number of fused-ring (bicyclic) bond motifs is 3. The van der Waals surface area contributed by atoms with E-state index in [0.717, 1.165) is 16.8 Å². The Morgan fingerprint density at radius 2 is 2.29 bits per heavy atom. The topological polar surface area (TPSA) is 64.2 Å². The van der Waals surface area contributed by atoms with Crippen LogP contribution in [-0.4, -0.2) is 23.0 Å². The van der Waals surface area contributed by atoms with E-state index in [1.807, 2.05) is 19.9 Å². The highest BCUT2D eigenvalue weighted by atomic mass is 16.5. The second-order valence-electron chi connectivity index (χ2n) is 5.34. The van der Waals surface area contributed by atoms with Gasteiger partial charge in [-0.1, -0.05) is 12.7 Å². The molecule has 0 bridgehead atoms. The van der Waals surface area contributed by atoms with Gasteiger partial charge in [-0.2, -0.15) is 0 Å². The molecule has 5 nitrogen and oxygen atoms in total. The van der Waals surface area contributed by atoms with E-state index in [2.05, 4.69) is 16.5 Å². The molecule has 0 saturated carbocycles. The van der Waals surface area contributed by atoms with E-state index in [0.29, 0.717) is 17.0 Å². The number of nitrogens with one attached hydrogen (secondary N) is 1. The van der Waals surface area contributed by atoms with Crippen molar-refractivity contribution >= 4 is 12.0 Å². The maximum absolute atomic E-state index is 12.0. The van der Waals surface area contributed by atoms with E-state index in [1.54, 1.807) is 18.5 Å². The van der Waals surface area contributed by atoms with Gasteiger partial charge in [0, 0.05) is 22.9 Å². The molecule has 108 valence electrons. The molecule has 1 aliphatic rings. The number of pyridine rings is 1. The first kappa shape index (κ1) is 13.4. The summed E-state index contributed by atoms with van der Waals surface area (Å²) in [5.41, 5.74) is 3.12. The zero-order valence-corrected chi connectivity index (χ0v) is 12.2. The molecule has 3 rings (SSSR count). The molecule has 1 N–H and O–H groups in total. The summed E-state index contributed by atoms with van der Waals surface area (Å²) in [6.45, 7) is 7.71. The van der Waals surface area contributed by atoms with E-state index in [1.165, 1.54) is 7.11 Å². The summed E-state index contributed by atoms with van der Waals surface area (Å²) in [5.74, 6) is 0.258. The van der Waals surface area contributed by atoms with E-state index in [-0.39, 0.29) is 0 Å². The molecule has 5 heteroatoms. The van der Waals surface area contributed by atoms with E-state index in [4.69, 9.17) is 9.47 Å². The second kappa shape index (κ2) is 4.48. The lowest BCUT2D eigenvalue weighted by molar-refractivity contribution is 0.0594. The maximum Gasteiger partial charge on any atom is 0.355 e. The molecule has 21 heavy (non-hydrogen) atoms. The van der Waals surface area contributed by atoms with Gasteiger partial charge >= 0.3 is 5.97 Å². The monoisotopic (exact) mass is 284 g/mol. The van der Waals surface area contributed by atoms with Gasteiger partial charge in [-0.05, 0) is 19.9 Å². The number of aromatic nitrogens is 2. The predicted molar refractivity (Wildman–Crippen MR) is 79.1 cm³/mol. The van der Waals surface area contributed by atoms with Crippen molar-refractivity contribution < 1.29 is 14.3 Å². The van der Waals surface area contributed by atoms with Crippen LogP contribution in [0.1, 0.15) is 35.5 Å². The molecule has 0 saturated heterocycles. The first-order valence-corrected chi connectivity index (χ1v) is 6.60. The Kier molecular flexibility index (Phi) is 2.86. The van der Waals surface area contributed by atoms with Crippen molar-refractivity contribution in [2.24, 2.45) is 0 Å². The molecule has 0 aromatic carbocycles. The first-order chi connectivity index (χ1) is 9.99. The third kappa shape index (κ3) is 1.85. The predicted octanol–water partition coefficient (Wildman–Crippen LogP) is 3.13. The smallest absolute Gasteiger partial charge is 0.355 e. The summed E-state index contributed by atoms with van der Waals surface area (Å²) in [4.78, 5) is 19.2. The summed E-state index contributed by atoms with van der Waals surface area (Å²) in [5, 5.41) is 0. The number of carbonyl (C=O) groups is 1. The summed E-state index contributed by atoms with van der Waals surface area (Å²) in [6.07, 6.45) is 5.02. The summed E-state index contributed by atoms with van der Waals surface area (Å²) >= 11 is 0. The fraction of sp³-hybridized carbons (Fsp3) is 0.250. The average molecular weight is 284 g/mol. The molecule has 0 radical (unpaired) electrons. The van der Waals surface area contributed by atoms with Crippen LogP contribution in [0.5, 0.6) is 5.75 Å². The molecule has 0 aliphatic carbocycles. The van der Waals surface area contributed by atoms with Crippen LogP contribution < -0.4 is 4.74 Å². The normalized spacial score (nSPS) is 14.6. The number of aromatic amines is 1. The molecule has 1 aliphatic heterocycles. The second-order valence-corrected chi connectivity index (χ2v) is 5.34. The van der Waals surface area contributed by atoms with Crippen LogP contribution in [0, 0.1) is 0 Å². The molecule has 2 aromatic heterocycles. The average Bonchev–Trinajstić information content (AvgIpc) is 2.87. The standard InChI is InChI=1S/C16H16N2O3/c1-5-9-12-13(18-14(9)15(19)20-4)10-6-7-17-8-11(10)21-16(12,2)3/h5-8,18H,1H2,2-4H3. The number of carbonyl (C=O) groups excluding carboxylic acids is 1. The van der Waals surface area contributed by atoms with E-state index >= 15 is 0 Å². The van der Waals surface area contributed by atoms with Gasteiger partial charge < -0.3 is 14.5 Å². The van der Waals surface area contributed by atoms with Gasteiger partial charge in [-0.25, -0.2) is 4.79 Å². The third-order valence-corrected chi connectivity index (χ3v) is 3.65. The van der Waals surface area contributed by atoms with Crippen molar-refractivity contribution in [3.63, 3.8) is 0 Å². The minimum absolute atomic E-state index is 0.388. The van der Waals surface area contributed by atoms with Crippen LogP contribution >= 0.6 is 0 Å². The SMILES string of the molecule is C=Cc1c(C(=O)OC)[nH]c2c1C(C)(C)Oc1cnccc1-2. The number of hydrogen-bond acceptors (Lipinski definition) is 4. The summed E-state index contributed by atoms with van der Waals surface area (Å²) in [6, 6.07) is 1.85. The Labute approximate surface area is 122 Å². The number of ether oxygens (including phenoxy) is 2. The minimum Gasteiger partial charge on any atom is -0.481 e. The minimum atomic E-state index is -0.600. The number of nitrogens with zero attached hydrogens (tertiary/aromatic N) is 1. The van der Waals surface area contributed by atoms with Gasteiger partial charge in [-0.3, -0.25) is 4.98 Å². The number of esters is 1. The van der Waals surface area contributed by atoms with Gasteiger partial charge in [0.15, 0.2) is 0 Å². The lowest BCUT2D eigenvalue weighted by atomic mass is 9.88. The summed E-state index contributed by atoms with van der Waals surface area (Å²) < 4.78 is 10.9. The molecular weight excluding hydrogens is 268 g/mol. The number of rotatable bonds is 2. The molecule has 0 fully saturated rings. The lowest BCUT2D eigenvalue weighted by Gasteiger charge is -2.33. The molecule has 3 heterocycles. The van der Waals surface area contributed by atoms with Crippen molar-refractivity contribution in [2.45, 2.75) is 19.4 Å². The molecule has 2 aromatic rings. The Hall–Kier alpha value is -2.56. The van der Waals surface area contributed by atoms with Crippen LogP contribution in [0.25, 0.3) is 17.3 Å². The van der Waals surface area contributed by atoms with Gasteiger partial charge in [0.1, 0.15) is 17.0 Å². The molecule has 0 unspecified atom stereocenters. The molecule has 0 spiro atoms. The first-order valence-electron chi connectivity index (χ1n) is 6.60. The van der Waals surface area contributed by atoms with E-state index < -0.39 is 11.6 Å². The quantitative estimate of drug-likeness (QED) is 0.860. The molecule has 0 amide bonds. The largest absolute Gasteiger partial charge is 0.481 e. The van der Waals surface area contributed by atoms with Crippen molar-refractivity contribution in [3.8, 4) is 17.0 Å². The summed E-state index contributed by atoms with van der Waals surface area (Å²) in [7, 11) is 1.36. The fourth-order valence-electron chi connectivity index (χ4n) is 2.80. The molecule has 0 atom stereocenters. The van der Waals surface area contributed by atoms with Crippen LogP contribution in [0.4, 0.5) is 0 Å². The zero-order valence-electron chi connectivity index (χ0n) is 12.2. The number of H-pyrrole nitrogens is 1. The van der Waals surface area contributed by atoms with Crippen molar-refractivity contribution in [1.82, 2.24) is 9.97 Å². The number of hydrogen-bond donors (Lipinski definition) is 1.